The molecule has 0 saturated heterocycles. The summed E-state index contributed by atoms with van der Waals surface area (Å²) in [4.78, 5) is 0. The van der Waals surface area contributed by atoms with E-state index >= 15 is 0 Å². The summed E-state index contributed by atoms with van der Waals surface area (Å²) in [5, 5.41) is 2.08. The first-order valence-electron chi connectivity index (χ1n) is 13.3. The number of aryl methyl sites for hydroxylation is 3. The molecule has 34 heavy (non-hydrogen) atoms. The molecular formula is C31H44ScSi2. The Bertz CT molecular complexity index is 1120. The van der Waals surface area contributed by atoms with Crippen LogP contribution in [-0.2, 0) is 21.4 Å². The number of benzene rings is 2. The van der Waals surface area contributed by atoms with Crippen molar-refractivity contribution in [2.24, 2.45) is 0 Å². The average molecular weight is 518 g/mol. The predicted octanol–water partition coefficient (Wildman–Crippen LogP) is 9.59. The van der Waals surface area contributed by atoms with E-state index in [1.807, 2.05) is 0 Å². The minimum absolute atomic E-state index is 0.663. The van der Waals surface area contributed by atoms with E-state index in [2.05, 4.69) is 127 Å². The van der Waals surface area contributed by atoms with Crippen molar-refractivity contribution in [2.75, 3.05) is 0 Å². The third-order valence-electron chi connectivity index (χ3n) is 8.43. The van der Waals surface area contributed by atoms with E-state index in [0.29, 0.717) is 7.35 Å². The van der Waals surface area contributed by atoms with Gasteiger partial charge in [0, 0.05) is 0 Å². The molecule has 0 saturated carbocycles. The summed E-state index contributed by atoms with van der Waals surface area (Å²) in [5.41, 5.74) is 10.8. The van der Waals surface area contributed by atoms with Gasteiger partial charge in [0.05, 0.1) is 0 Å². The van der Waals surface area contributed by atoms with Crippen LogP contribution in [0.1, 0.15) is 59.6 Å². The fourth-order valence-electron chi connectivity index (χ4n) is 7.63. The van der Waals surface area contributed by atoms with Gasteiger partial charge < -0.3 is 0 Å². The van der Waals surface area contributed by atoms with Gasteiger partial charge in [-0.3, -0.25) is 0 Å². The Morgan fingerprint density at radius 2 is 1.32 bits per heavy atom. The molecule has 3 unspecified atom stereocenters. The molecule has 3 atom stereocenters. The van der Waals surface area contributed by atoms with Gasteiger partial charge in [-0.2, -0.15) is 0 Å². The zero-order valence-electron chi connectivity index (χ0n) is 23.2. The first-order valence-corrected chi connectivity index (χ1v) is 23.4. The Labute approximate surface area is 219 Å². The number of fused-ring (bicyclic) bond motifs is 2. The summed E-state index contributed by atoms with van der Waals surface area (Å²) in [6.07, 6.45) is 11.6. The summed E-state index contributed by atoms with van der Waals surface area (Å²) >= 11 is -2.08. The van der Waals surface area contributed by atoms with E-state index in [-0.39, 0.29) is 0 Å². The molecule has 2 aliphatic carbocycles. The molecule has 1 radical (unpaired) electrons. The average Bonchev–Trinajstić information content (AvgIpc) is 3.35. The molecule has 2 aliphatic rings. The van der Waals surface area contributed by atoms with Crippen LogP contribution in [0.15, 0.2) is 42.5 Å². The molecule has 2 aromatic carbocycles. The molecule has 0 amide bonds. The van der Waals surface area contributed by atoms with E-state index in [1.54, 1.807) is 11.1 Å². The number of rotatable bonds is 7. The molecule has 0 bridgehead atoms. The summed E-state index contributed by atoms with van der Waals surface area (Å²) in [5.74, 6) is 0. The van der Waals surface area contributed by atoms with Gasteiger partial charge in [-0.1, -0.05) is 0 Å². The van der Waals surface area contributed by atoms with Crippen LogP contribution in [-0.4, -0.2) is 16.1 Å². The normalized spacial score (nSPS) is 20.1. The number of hydrogen-bond acceptors (Lipinski definition) is 0. The topological polar surface area (TPSA) is 0 Å². The molecule has 0 spiro atoms. The van der Waals surface area contributed by atoms with Crippen LogP contribution in [0, 0.1) is 25.9 Å². The quantitative estimate of drug-likeness (QED) is 0.321. The van der Waals surface area contributed by atoms with Gasteiger partial charge >= 0.3 is 221 Å². The van der Waals surface area contributed by atoms with Gasteiger partial charge in [0.1, 0.15) is 0 Å². The molecule has 0 heterocycles. The fourth-order valence-corrected chi connectivity index (χ4v) is 32.8. The van der Waals surface area contributed by atoms with Gasteiger partial charge in [-0.25, -0.2) is 0 Å². The van der Waals surface area contributed by atoms with Gasteiger partial charge in [-0.05, 0) is 0 Å². The zero-order chi connectivity index (χ0) is 25.0. The molecule has 179 valence electrons. The molecule has 3 heteroatoms. The summed E-state index contributed by atoms with van der Waals surface area (Å²) in [7, 11) is -2.82. The Morgan fingerprint density at radius 3 is 1.94 bits per heavy atom. The van der Waals surface area contributed by atoms with Crippen LogP contribution in [0.25, 0.3) is 12.2 Å². The van der Waals surface area contributed by atoms with Gasteiger partial charge in [-0.15, -0.1) is 0 Å². The Morgan fingerprint density at radius 1 is 0.765 bits per heavy atom. The minimum atomic E-state index is -2.08. The van der Waals surface area contributed by atoms with Crippen molar-refractivity contribution >= 4 is 28.3 Å². The Hall–Kier alpha value is -0.776. The molecular weight excluding hydrogens is 473 g/mol. The van der Waals surface area contributed by atoms with Crippen LogP contribution in [0.4, 0.5) is 0 Å². The second kappa shape index (κ2) is 9.59. The molecule has 0 N–H and O–H groups in total. The van der Waals surface area contributed by atoms with E-state index in [4.69, 9.17) is 0 Å². The van der Waals surface area contributed by atoms with E-state index < -0.39 is 37.6 Å². The van der Waals surface area contributed by atoms with Crippen molar-refractivity contribution < 1.29 is 21.4 Å². The molecule has 4 rings (SSSR count). The van der Waals surface area contributed by atoms with E-state index in [9.17, 15) is 0 Å². The van der Waals surface area contributed by atoms with Crippen LogP contribution < -0.4 is 0 Å². The van der Waals surface area contributed by atoms with Gasteiger partial charge in [0.2, 0.25) is 0 Å². The summed E-state index contributed by atoms with van der Waals surface area (Å²) < 4.78 is 2.17. The van der Waals surface area contributed by atoms with Crippen molar-refractivity contribution in [1.82, 2.24) is 0 Å². The van der Waals surface area contributed by atoms with Gasteiger partial charge in [0.15, 0.2) is 0 Å². The third-order valence-corrected chi connectivity index (χ3v) is 25.0. The van der Waals surface area contributed by atoms with Crippen molar-refractivity contribution in [3.63, 3.8) is 0 Å². The van der Waals surface area contributed by atoms with Gasteiger partial charge in [0.25, 0.3) is 0 Å². The molecule has 0 fully saturated rings. The maximum absolute atomic E-state index is 2.66. The van der Waals surface area contributed by atoms with Crippen LogP contribution in [0.2, 0.25) is 43.0 Å². The van der Waals surface area contributed by atoms with Crippen LogP contribution in [0.5, 0.6) is 0 Å². The van der Waals surface area contributed by atoms with Crippen molar-refractivity contribution in [3.8, 4) is 0 Å². The van der Waals surface area contributed by atoms with Crippen LogP contribution >= 0.6 is 0 Å². The van der Waals surface area contributed by atoms with Crippen LogP contribution in [0.3, 0.4) is 0 Å². The Kier molecular flexibility index (Phi) is 7.42. The van der Waals surface area contributed by atoms with Crippen molar-refractivity contribution in [1.29, 1.82) is 0 Å². The predicted molar refractivity (Wildman–Crippen MR) is 155 cm³/mol. The number of hydrogen-bond donors (Lipinski definition) is 0. The summed E-state index contributed by atoms with van der Waals surface area (Å²) in [6, 6.07) is 11.8. The van der Waals surface area contributed by atoms with Crippen molar-refractivity contribution in [3.05, 3.63) is 86.6 Å². The zero-order valence-corrected chi connectivity index (χ0v) is 27.0. The van der Waals surface area contributed by atoms with E-state index in [0.717, 1.165) is 3.67 Å². The van der Waals surface area contributed by atoms with Crippen molar-refractivity contribution in [2.45, 2.75) is 84.4 Å². The molecule has 0 aromatic heterocycles. The molecule has 0 nitrogen and oxygen atoms in total. The second-order valence-corrected chi connectivity index (χ2v) is 28.8. The maximum atomic E-state index is 2.66. The Balaban J connectivity index is 1.94. The second-order valence-electron chi connectivity index (χ2n) is 12.9. The fraction of sp³-hybridized carbons (Fsp3) is 0.452. The molecule has 0 aliphatic heterocycles. The standard InChI is InChI=1S/C11H11.C10H24Si2.C10H9.Sc/c1-8-6-7-9(2)11-5-3-4-10(8)11;1-8-9-10(11(2,3)4)12(5,6)7;1-8-4-2-5-9-6-3-7-10(8)9;/h3-7H,1-2H3;9H,8H2,1-7H3;2-7H,1H3;. The first kappa shape index (κ1) is 26.3. The third kappa shape index (κ3) is 4.66. The monoisotopic (exact) mass is 517 g/mol. The first-order chi connectivity index (χ1) is 15.9. The molecule has 2 aromatic rings. The SMILES string of the molecule is CC[CH]([C]([Si](C)(C)C)[Si](C)(C)C)[Sc]([CH]1C=Cc2c(C)cccc21)[CH]1C=Cc2c(C)ccc(C)c21. The van der Waals surface area contributed by atoms with E-state index in [1.165, 1.54) is 34.2 Å². The summed E-state index contributed by atoms with van der Waals surface area (Å²) in [6.45, 7) is 25.3. The number of allylic oxidation sites excluding steroid dienone is 2.